The van der Waals surface area contributed by atoms with Gasteiger partial charge in [0.15, 0.2) is 0 Å². The lowest BCUT2D eigenvalue weighted by molar-refractivity contribution is -0.0798. The molecule has 1 aliphatic heterocycles. The molecule has 0 amide bonds. The van der Waals surface area contributed by atoms with E-state index in [2.05, 4.69) is 0 Å². The summed E-state index contributed by atoms with van der Waals surface area (Å²) in [5, 5.41) is 0. The van der Waals surface area contributed by atoms with E-state index in [0.29, 0.717) is 0 Å². The average molecular weight is 222 g/mol. The van der Waals surface area contributed by atoms with E-state index in [9.17, 15) is 13.2 Å². The van der Waals surface area contributed by atoms with Gasteiger partial charge in [-0.05, 0) is 33.7 Å². The van der Waals surface area contributed by atoms with Crippen molar-refractivity contribution in [3.05, 3.63) is 12.1 Å². The van der Waals surface area contributed by atoms with E-state index in [0.717, 1.165) is 5.98 Å². The minimum atomic E-state index is -4.33. The van der Waals surface area contributed by atoms with Crippen LogP contribution in [0.2, 0.25) is 0 Å². The third kappa shape index (κ3) is 2.98. The van der Waals surface area contributed by atoms with E-state index in [4.69, 9.17) is 9.31 Å². The Morgan fingerprint density at radius 1 is 1.00 bits per heavy atom. The van der Waals surface area contributed by atoms with Crippen molar-refractivity contribution in [1.82, 2.24) is 0 Å². The van der Waals surface area contributed by atoms with E-state index in [1.165, 1.54) is 0 Å². The fraction of sp³-hybridized carbons (Fsp3) is 0.778. The third-order valence-electron chi connectivity index (χ3n) is 2.71. The number of hydrogen-bond donors (Lipinski definition) is 0. The largest absolute Gasteiger partial charge is 0.487 e. The molecule has 15 heavy (non-hydrogen) atoms. The maximum Gasteiger partial charge on any atom is 0.487 e. The highest BCUT2D eigenvalue weighted by molar-refractivity contribution is 6.51. The summed E-state index contributed by atoms with van der Waals surface area (Å²) in [7, 11) is -0.934. The smallest absolute Gasteiger partial charge is 0.400 e. The van der Waals surface area contributed by atoms with Crippen LogP contribution < -0.4 is 0 Å². The van der Waals surface area contributed by atoms with E-state index < -0.39 is 24.5 Å². The van der Waals surface area contributed by atoms with Crippen molar-refractivity contribution in [3.63, 3.8) is 0 Å². The minimum Gasteiger partial charge on any atom is -0.400 e. The second-order valence-electron chi connectivity index (χ2n) is 4.53. The van der Waals surface area contributed by atoms with Gasteiger partial charge in [0, 0.05) is 6.08 Å². The third-order valence-corrected chi connectivity index (χ3v) is 2.71. The molecule has 1 heterocycles. The quantitative estimate of drug-likeness (QED) is 0.635. The molecule has 86 valence electrons. The molecule has 0 saturated carbocycles. The van der Waals surface area contributed by atoms with Gasteiger partial charge < -0.3 is 9.31 Å². The molecule has 1 saturated heterocycles. The van der Waals surface area contributed by atoms with Crippen LogP contribution in [0.15, 0.2) is 12.1 Å². The summed E-state index contributed by atoms with van der Waals surface area (Å²) in [6, 6.07) is 0. The monoisotopic (exact) mass is 222 g/mol. The summed E-state index contributed by atoms with van der Waals surface area (Å²) < 4.78 is 46.4. The zero-order valence-corrected chi connectivity index (χ0v) is 9.18. The van der Waals surface area contributed by atoms with Gasteiger partial charge in [-0.2, -0.15) is 13.2 Å². The Labute approximate surface area is 87.6 Å². The van der Waals surface area contributed by atoms with Gasteiger partial charge in [0.1, 0.15) is 0 Å². The van der Waals surface area contributed by atoms with E-state index in [1.807, 2.05) is 0 Å². The van der Waals surface area contributed by atoms with Gasteiger partial charge in [-0.3, -0.25) is 0 Å². The predicted molar refractivity (Wildman–Crippen MR) is 51.3 cm³/mol. The lowest BCUT2D eigenvalue weighted by Gasteiger charge is -2.32. The Morgan fingerprint density at radius 3 is 1.73 bits per heavy atom. The van der Waals surface area contributed by atoms with Crippen LogP contribution in [0, 0.1) is 0 Å². The van der Waals surface area contributed by atoms with Crippen molar-refractivity contribution in [2.45, 2.75) is 45.1 Å². The van der Waals surface area contributed by atoms with Crippen LogP contribution in [-0.4, -0.2) is 24.5 Å². The van der Waals surface area contributed by atoms with Gasteiger partial charge in [0.25, 0.3) is 0 Å². The maximum atomic E-state index is 11.9. The average Bonchev–Trinajstić information content (AvgIpc) is 2.16. The van der Waals surface area contributed by atoms with Gasteiger partial charge in [0.05, 0.1) is 11.2 Å². The molecule has 0 unspecified atom stereocenters. The van der Waals surface area contributed by atoms with E-state index in [1.54, 1.807) is 27.7 Å². The van der Waals surface area contributed by atoms with Gasteiger partial charge in [-0.25, -0.2) is 0 Å². The summed E-state index contributed by atoms with van der Waals surface area (Å²) >= 11 is 0. The van der Waals surface area contributed by atoms with Crippen molar-refractivity contribution < 1.29 is 22.5 Å². The van der Waals surface area contributed by atoms with Crippen molar-refractivity contribution >= 4 is 7.12 Å². The zero-order valence-electron chi connectivity index (χ0n) is 9.18. The summed E-state index contributed by atoms with van der Waals surface area (Å²) in [6.07, 6.45) is -4.20. The van der Waals surface area contributed by atoms with Gasteiger partial charge in [-0.15, -0.1) is 0 Å². The second-order valence-corrected chi connectivity index (χ2v) is 4.53. The molecule has 1 fully saturated rings. The lowest BCUT2D eigenvalue weighted by atomic mass is 9.90. The molecule has 6 heteroatoms. The predicted octanol–water partition coefficient (Wildman–Crippen LogP) is 2.74. The first-order valence-electron chi connectivity index (χ1n) is 4.65. The summed E-state index contributed by atoms with van der Waals surface area (Å²) in [5.74, 6) is 0.885. The SMILES string of the molecule is CC1(C)OB(C=CC(F)(F)F)OC1(C)C. The highest BCUT2D eigenvalue weighted by Crippen LogP contribution is 2.37. The first-order valence-corrected chi connectivity index (χ1v) is 4.65. The molecule has 0 radical (unpaired) electrons. The highest BCUT2D eigenvalue weighted by Gasteiger charge is 2.50. The van der Waals surface area contributed by atoms with Crippen LogP contribution in [0.25, 0.3) is 0 Å². The van der Waals surface area contributed by atoms with Gasteiger partial charge in [-0.1, -0.05) is 0 Å². The highest BCUT2D eigenvalue weighted by atomic mass is 19.4. The molecule has 2 nitrogen and oxygen atoms in total. The molecule has 0 atom stereocenters. The molecule has 0 aliphatic carbocycles. The van der Waals surface area contributed by atoms with Gasteiger partial charge in [0.2, 0.25) is 0 Å². The van der Waals surface area contributed by atoms with Crippen LogP contribution in [0.4, 0.5) is 13.2 Å². The minimum absolute atomic E-state index is 0.134. The van der Waals surface area contributed by atoms with Crippen LogP contribution in [0.5, 0.6) is 0 Å². The molecule has 1 aliphatic rings. The molecule has 0 aromatic carbocycles. The molecule has 0 aromatic rings. The van der Waals surface area contributed by atoms with Crippen molar-refractivity contribution in [2.24, 2.45) is 0 Å². The molecule has 1 rings (SSSR count). The number of rotatable bonds is 1. The number of allylic oxidation sites excluding steroid dienone is 1. The van der Waals surface area contributed by atoms with Crippen LogP contribution in [0.3, 0.4) is 0 Å². The standard InChI is InChI=1S/C9H14BF3O2/c1-7(2)8(3,4)15-10(14-7)6-5-9(11,12)13/h5-6H,1-4H3. The Kier molecular flexibility index (Phi) is 2.95. The van der Waals surface area contributed by atoms with Crippen LogP contribution in [0.1, 0.15) is 27.7 Å². The number of hydrogen-bond acceptors (Lipinski definition) is 2. The fourth-order valence-corrected chi connectivity index (χ4v) is 1.15. The van der Waals surface area contributed by atoms with E-state index in [-0.39, 0.29) is 6.08 Å². The molecule has 0 spiro atoms. The number of halogens is 3. The Bertz CT molecular complexity index is 255. The molecular formula is C9H14BF3O2. The van der Waals surface area contributed by atoms with Crippen molar-refractivity contribution in [1.29, 1.82) is 0 Å². The Balaban J connectivity index is 2.68. The molecular weight excluding hydrogens is 208 g/mol. The first kappa shape index (κ1) is 12.6. The summed E-state index contributed by atoms with van der Waals surface area (Å²) in [5.41, 5.74) is -1.21. The molecule has 0 bridgehead atoms. The first-order chi connectivity index (χ1) is 6.54. The summed E-state index contributed by atoms with van der Waals surface area (Å²) in [6.45, 7) is 7.14. The Hall–Kier alpha value is -0.485. The molecule has 0 aromatic heterocycles. The number of alkyl halides is 3. The van der Waals surface area contributed by atoms with Crippen molar-refractivity contribution in [2.75, 3.05) is 0 Å². The molecule has 0 N–H and O–H groups in total. The van der Waals surface area contributed by atoms with Gasteiger partial charge >= 0.3 is 13.3 Å². The Morgan fingerprint density at radius 2 is 1.40 bits per heavy atom. The second kappa shape index (κ2) is 3.52. The zero-order chi connectivity index (χ0) is 11.9. The van der Waals surface area contributed by atoms with Crippen LogP contribution >= 0.6 is 0 Å². The maximum absolute atomic E-state index is 11.9. The van der Waals surface area contributed by atoms with Crippen LogP contribution in [-0.2, 0) is 9.31 Å². The normalized spacial score (nSPS) is 25.1. The summed E-state index contributed by atoms with van der Waals surface area (Å²) in [4.78, 5) is 0. The topological polar surface area (TPSA) is 18.5 Å². The lowest BCUT2D eigenvalue weighted by Crippen LogP contribution is -2.41. The van der Waals surface area contributed by atoms with Crippen molar-refractivity contribution in [3.8, 4) is 0 Å². The van der Waals surface area contributed by atoms with E-state index >= 15 is 0 Å². The fourth-order valence-electron chi connectivity index (χ4n) is 1.15.